The molecule has 0 bridgehead atoms. The van der Waals surface area contributed by atoms with Gasteiger partial charge in [-0.2, -0.15) is 0 Å². The van der Waals surface area contributed by atoms with Crippen LogP contribution in [-0.2, 0) is 4.79 Å². The van der Waals surface area contributed by atoms with E-state index in [4.69, 9.17) is 4.74 Å². The molecule has 1 N–H and O–H groups in total. The third-order valence-corrected chi connectivity index (χ3v) is 3.69. The number of rotatable bonds is 5. The van der Waals surface area contributed by atoms with Gasteiger partial charge in [-0.25, -0.2) is 0 Å². The first-order chi connectivity index (χ1) is 10.8. The molecular formula is C19H19NO2. The minimum absolute atomic E-state index is 0.0284. The Morgan fingerprint density at radius 1 is 1.09 bits per heavy atom. The zero-order valence-electron chi connectivity index (χ0n) is 12.4. The smallest absolute Gasteiger partial charge is 0.225 e. The molecule has 0 spiro atoms. The molecule has 3 heteroatoms. The fourth-order valence-electron chi connectivity index (χ4n) is 2.58. The van der Waals surface area contributed by atoms with Gasteiger partial charge in [0.25, 0.3) is 0 Å². The zero-order chi connectivity index (χ0) is 15.2. The van der Waals surface area contributed by atoms with Crippen molar-refractivity contribution in [2.24, 2.45) is 5.92 Å². The van der Waals surface area contributed by atoms with Gasteiger partial charge in [-0.15, -0.1) is 0 Å². The molecule has 2 aromatic carbocycles. The Morgan fingerprint density at radius 3 is 2.64 bits per heavy atom. The summed E-state index contributed by atoms with van der Waals surface area (Å²) in [6.45, 7) is 0. The lowest BCUT2D eigenvalue weighted by molar-refractivity contribution is -0.116. The molecule has 2 aromatic rings. The highest BCUT2D eigenvalue weighted by Gasteiger charge is 2.15. The molecule has 1 amide bonds. The topological polar surface area (TPSA) is 38.3 Å². The van der Waals surface area contributed by atoms with Crippen molar-refractivity contribution in [1.82, 2.24) is 0 Å². The average Bonchev–Trinajstić information content (AvgIpc) is 3.03. The number of carbonyl (C=O) groups excluding carboxylic acids is 1. The van der Waals surface area contributed by atoms with Crippen LogP contribution in [-0.4, -0.2) is 5.91 Å². The highest BCUT2D eigenvalue weighted by Crippen LogP contribution is 2.29. The van der Waals surface area contributed by atoms with Crippen LogP contribution >= 0.6 is 0 Å². The molecule has 0 heterocycles. The van der Waals surface area contributed by atoms with E-state index >= 15 is 0 Å². The number of amides is 1. The third kappa shape index (κ3) is 3.76. The Labute approximate surface area is 130 Å². The number of nitrogens with one attached hydrogen (secondary N) is 1. The summed E-state index contributed by atoms with van der Waals surface area (Å²) in [5, 5.41) is 2.96. The summed E-state index contributed by atoms with van der Waals surface area (Å²) in [4.78, 5) is 12.2. The van der Waals surface area contributed by atoms with E-state index in [2.05, 4.69) is 17.5 Å². The van der Waals surface area contributed by atoms with E-state index in [0.29, 0.717) is 23.8 Å². The Bertz CT molecular complexity index is 664. The van der Waals surface area contributed by atoms with Gasteiger partial charge in [0.05, 0.1) is 5.69 Å². The minimum Gasteiger partial charge on any atom is -0.455 e. The molecule has 1 aliphatic rings. The maximum atomic E-state index is 12.2. The monoisotopic (exact) mass is 293 g/mol. The van der Waals surface area contributed by atoms with E-state index in [-0.39, 0.29) is 5.91 Å². The molecule has 1 aliphatic carbocycles. The van der Waals surface area contributed by atoms with Crippen molar-refractivity contribution in [2.75, 3.05) is 5.32 Å². The lowest BCUT2D eigenvalue weighted by Crippen LogP contribution is -2.15. The summed E-state index contributed by atoms with van der Waals surface area (Å²) in [6.07, 6.45) is 6.94. The summed E-state index contributed by atoms with van der Waals surface area (Å²) in [7, 11) is 0. The number of ether oxygens (including phenoxy) is 1. The third-order valence-electron chi connectivity index (χ3n) is 3.69. The van der Waals surface area contributed by atoms with E-state index in [1.54, 1.807) is 0 Å². The van der Waals surface area contributed by atoms with Crippen molar-refractivity contribution in [3.05, 3.63) is 66.7 Å². The van der Waals surface area contributed by atoms with Crippen molar-refractivity contribution in [1.29, 1.82) is 0 Å². The Hall–Kier alpha value is -2.55. The number of anilines is 1. The van der Waals surface area contributed by atoms with Crippen molar-refractivity contribution in [3.8, 4) is 11.5 Å². The molecule has 0 fully saturated rings. The first-order valence-corrected chi connectivity index (χ1v) is 7.60. The minimum atomic E-state index is 0.0284. The second-order valence-electron chi connectivity index (χ2n) is 5.43. The average molecular weight is 293 g/mol. The van der Waals surface area contributed by atoms with Gasteiger partial charge in [0.15, 0.2) is 5.75 Å². The molecule has 0 aromatic heterocycles. The SMILES string of the molecule is O=C(C[C@H]1C=CCC1)Nc1ccccc1Oc1ccccc1. The molecule has 1 atom stereocenters. The number of allylic oxidation sites excluding steroid dienone is 2. The molecule has 0 aliphatic heterocycles. The fraction of sp³-hybridized carbons (Fsp3) is 0.211. The van der Waals surface area contributed by atoms with Gasteiger partial charge in [0, 0.05) is 6.42 Å². The van der Waals surface area contributed by atoms with Gasteiger partial charge in [-0.05, 0) is 43.0 Å². The van der Waals surface area contributed by atoms with Crippen LogP contribution in [0, 0.1) is 5.92 Å². The van der Waals surface area contributed by atoms with Crippen LogP contribution in [0.25, 0.3) is 0 Å². The highest BCUT2D eigenvalue weighted by molar-refractivity contribution is 5.92. The standard InChI is InChI=1S/C19H19NO2/c21-19(14-15-8-4-5-9-15)20-17-12-6-7-13-18(17)22-16-10-2-1-3-11-16/h1-4,6-8,10-13,15H,5,9,14H2,(H,20,21)/t15-/m0/s1. The summed E-state index contributed by atoms with van der Waals surface area (Å²) in [6, 6.07) is 17.1. The van der Waals surface area contributed by atoms with Crippen molar-refractivity contribution >= 4 is 11.6 Å². The molecular weight excluding hydrogens is 274 g/mol. The lowest BCUT2D eigenvalue weighted by Gasteiger charge is -2.13. The van der Waals surface area contributed by atoms with Gasteiger partial charge in [-0.3, -0.25) is 4.79 Å². The van der Waals surface area contributed by atoms with Gasteiger partial charge >= 0.3 is 0 Å². The Morgan fingerprint density at radius 2 is 1.86 bits per heavy atom. The fourth-order valence-corrected chi connectivity index (χ4v) is 2.58. The Kier molecular flexibility index (Phi) is 4.54. The van der Waals surface area contributed by atoms with Gasteiger partial charge in [-0.1, -0.05) is 42.5 Å². The summed E-state index contributed by atoms with van der Waals surface area (Å²) >= 11 is 0. The Balaban J connectivity index is 1.68. The van der Waals surface area contributed by atoms with E-state index in [0.717, 1.165) is 18.6 Å². The van der Waals surface area contributed by atoms with Crippen molar-refractivity contribution < 1.29 is 9.53 Å². The van der Waals surface area contributed by atoms with E-state index in [9.17, 15) is 4.79 Å². The molecule has 0 saturated heterocycles. The number of benzene rings is 2. The van der Waals surface area contributed by atoms with E-state index in [1.165, 1.54) is 0 Å². The molecule has 112 valence electrons. The quantitative estimate of drug-likeness (QED) is 0.806. The number of hydrogen-bond donors (Lipinski definition) is 1. The maximum absolute atomic E-state index is 12.2. The zero-order valence-corrected chi connectivity index (χ0v) is 12.4. The van der Waals surface area contributed by atoms with Crippen molar-refractivity contribution in [2.45, 2.75) is 19.3 Å². The summed E-state index contributed by atoms with van der Waals surface area (Å²) in [5.41, 5.74) is 0.707. The van der Waals surface area contributed by atoms with E-state index in [1.807, 2.05) is 54.6 Å². The van der Waals surface area contributed by atoms with Crippen LogP contribution < -0.4 is 10.1 Å². The van der Waals surface area contributed by atoms with Crippen LogP contribution in [0.3, 0.4) is 0 Å². The van der Waals surface area contributed by atoms with Gasteiger partial charge in [0.1, 0.15) is 5.75 Å². The van der Waals surface area contributed by atoms with Crippen LogP contribution in [0.4, 0.5) is 5.69 Å². The largest absolute Gasteiger partial charge is 0.455 e. The van der Waals surface area contributed by atoms with Crippen LogP contribution in [0.5, 0.6) is 11.5 Å². The van der Waals surface area contributed by atoms with Gasteiger partial charge < -0.3 is 10.1 Å². The molecule has 0 saturated carbocycles. The molecule has 22 heavy (non-hydrogen) atoms. The summed E-state index contributed by atoms with van der Waals surface area (Å²) < 4.78 is 5.85. The second-order valence-corrected chi connectivity index (χ2v) is 5.43. The maximum Gasteiger partial charge on any atom is 0.225 e. The van der Waals surface area contributed by atoms with Gasteiger partial charge in [0.2, 0.25) is 5.91 Å². The molecule has 0 radical (unpaired) electrons. The molecule has 3 nitrogen and oxygen atoms in total. The van der Waals surface area contributed by atoms with Crippen LogP contribution in [0.2, 0.25) is 0 Å². The first-order valence-electron chi connectivity index (χ1n) is 7.60. The highest BCUT2D eigenvalue weighted by atomic mass is 16.5. The number of hydrogen-bond acceptors (Lipinski definition) is 2. The molecule has 3 rings (SSSR count). The van der Waals surface area contributed by atoms with E-state index < -0.39 is 0 Å². The normalized spacial score (nSPS) is 16.5. The lowest BCUT2D eigenvalue weighted by atomic mass is 10.1. The predicted molar refractivity (Wildman–Crippen MR) is 88.1 cm³/mol. The van der Waals surface area contributed by atoms with Crippen LogP contribution in [0.1, 0.15) is 19.3 Å². The van der Waals surface area contributed by atoms with Crippen molar-refractivity contribution in [3.63, 3.8) is 0 Å². The summed E-state index contributed by atoms with van der Waals surface area (Å²) in [5.74, 6) is 1.80. The number of carbonyl (C=O) groups is 1. The molecule has 0 unspecified atom stereocenters. The number of para-hydroxylation sites is 3. The predicted octanol–water partition coefficient (Wildman–Crippen LogP) is 4.77. The second kappa shape index (κ2) is 6.94. The van der Waals surface area contributed by atoms with Crippen LogP contribution in [0.15, 0.2) is 66.7 Å². The first kappa shape index (κ1) is 14.4.